The zero-order chi connectivity index (χ0) is 12.4. The van der Waals surface area contributed by atoms with Gasteiger partial charge in [0.15, 0.2) is 0 Å². The molecule has 102 valence electrons. The molecule has 0 unspecified atom stereocenters. The van der Waals surface area contributed by atoms with Crippen molar-refractivity contribution in [2.45, 2.75) is 19.0 Å². The number of nitrogens with zero attached hydrogens (tertiary/aromatic N) is 3. The van der Waals surface area contributed by atoms with Crippen LogP contribution in [0.2, 0.25) is 0 Å². The van der Waals surface area contributed by atoms with E-state index in [1.54, 1.807) is 17.5 Å². The minimum absolute atomic E-state index is 0. The van der Waals surface area contributed by atoms with Gasteiger partial charge in [0.05, 0.1) is 11.4 Å². The predicted octanol–water partition coefficient (Wildman–Crippen LogP) is 2.16. The molecule has 1 saturated heterocycles. The second-order valence-electron chi connectivity index (χ2n) is 4.64. The average molecular weight is 297 g/mol. The average Bonchev–Trinajstić information content (AvgIpc) is 3.01. The molecule has 1 atom stereocenters. The van der Waals surface area contributed by atoms with Gasteiger partial charge in [0.1, 0.15) is 5.01 Å². The molecule has 0 aromatic carbocycles. The van der Waals surface area contributed by atoms with E-state index in [9.17, 15) is 0 Å². The normalized spacial score (nSPS) is 19.3. The monoisotopic (exact) mass is 296 g/mol. The first kappa shape index (κ1) is 14.4. The van der Waals surface area contributed by atoms with Crippen molar-refractivity contribution in [3.8, 4) is 10.7 Å². The summed E-state index contributed by atoms with van der Waals surface area (Å²) in [7, 11) is 0. The first-order chi connectivity index (χ1) is 8.81. The van der Waals surface area contributed by atoms with Crippen molar-refractivity contribution in [1.29, 1.82) is 0 Å². The Morgan fingerprint density at radius 1 is 1.42 bits per heavy atom. The van der Waals surface area contributed by atoms with Crippen LogP contribution in [0.1, 0.15) is 12.1 Å². The lowest BCUT2D eigenvalue weighted by molar-refractivity contribution is 0.323. The summed E-state index contributed by atoms with van der Waals surface area (Å²) in [6.07, 6.45) is 2.90. The fourth-order valence-corrected chi connectivity index (χ4v) is 3.01. The smallest absolute Gasteiger partial charge is 0.142 e. The van der Waals surface area contributed by atoms with Gasteiger partial charge in [-0.25, -0.2) is 4.98 Å². The molecule has 2 N–H and O–H groups in total. The molecule has 2 aromatic rings. The van der Waals surface area contributed by atoms with Gasteiger partial charge in [0, 0.05) is 37.3 Å². The maximum atomic E-state index is 5.91. The third-order valence-electron chi connectivity index (χ3n) is 3.13. The van der Waals surface area contributed by atoms with Crippen LogP contribution in [0.5, 0.6) is 0 Å². The molecule has 3 heterocycles. The Labute approximate surface area is 123 Å². The molecule has 19 heavy (non-hydrogen) atoms. The maximum Gasteiger partial charge on any atom is 0.142 e. The quantitative estimate of drug-likeness (QED) is 0.943. The van der Waals surface area contributed by atoms with Crippen LogP contribution in [0.4, 0.5) is 0 Å². The minimum Gasteiger partial charge on any atom is -0.326 e. The fraction of sp³-hybridized carbons (Fsp3) is 0.385. The molecule has 6 heteroatoms. The molecule has 1 fully saturated rings. The van der Waals surface area contributed by atoms with E-state index in [0.717, 1.165) is 42.5 Å². The Morgan fingerprint density at radius 3 is 3.00 bits per heavy atom. The van der Waals surface area contributed by atoms with Crippen molar-refractivity contribution >= 4 is 23.7 Å². The van der Waals surface area contributed by atoms with Gasteiger partial charge >= 0.3 is 0 Å². The van der Waals surface area contributed by atoms with Gasteiger partial charge in [0.25, 0.3) is 0 Å². The lowest BCUT2D eigenvalue weighted by Crippen LogP contribution is -2.26. The minimum atomic E-state index is 0. The zero-order valence-corrected chi connectivity index (χ0v) is 12.2. The van der Waals surface area contributed by atoms with E-state index in [0.29, 0.717) is 6.04 Å². The van der Waals surface area contributed by atoms with E-state index in [2.05, 4.69) is 20.2 Å². The van der Waals surface area contributed by atoms with Gasteiger partial charge < -0.3 is 5.73 Å². The van der Waals surface area contributed by atoms with Crippen molar-refractivity contribution in [3.63, 3.8) is 0 Å². The van der Waals surface area contributed by atoms with Crippen LogP contribution < -0.4 is 5.73 Å². The highest BCUT2D eigenvalue weighted by Gasteiger charge is 2.19. The summed E-state index contributed by atoms with van der Waals surface area (Å²) in [5.41, 5.74) is 7.98. The van der Waals surface area contributed by atoms with Crippen molar-refractivity contribution < 1.29 is 0 Å². The molecule has 0 radical (unpaired) electrons. The molecular weight excluding hydrogens is 280 g/mol. The Balaban J connectivity index is 0.00000133. The standard InChI is InChI=1S/C13H16N4S.ClH/c14-10-4-6-17(7-10)8-11-9-18-13(16-11)12-3-1-2-5-15-12;/h1-3,5,9-10H,4,6-8,14H2;1H/t10-;/m0./s1. The van der Waals surface area contributed by atoms with E-state index < -0.39 is 0 Å². The van der Waals surface area contributed by atoms with E-state index in [-0.39, 0.29) is 12.4 Å². The number of aromatic nitrogens is 2. The number of hydrogen-bond acceptors (Lipinski definition) is 5. The molecule has 0 aliphatic carbocycles. The van der Waals surface area contributed by atoms with Crippen molar-refractivity contribution in [1.82, 2.24) is 14.9 Å². The summed E-state index contributed by atoms with van der Waals surface area (Å²) in [5.74, 6) is 0. The molecule has 4 nitrogen and oxygen atoms in total. The van der Waals surface area contributed by atoms with Crippen molar-refractivity contribution in [2.24, 2.45) is 5.73 Å². The second-order valence-corrected chi connectivity index (χ2v) is 5.50. The first-order valence-electron chi connectivity index (χ1n) is 6.15. The second kappa shape index (κ2) is 6.43. The van der Waals surface area contributed by atoms with Gasteiger partial charge in [0.2, 0.25) is 0 Å². The summed E-state index contributed by atoms with van der Waals surface area (Å²) >= 11 is 1.66. The molecule has 2 aromatic heterocycles. The Morgan fingerprint density at radius 2 is 2.32 bits per heavy atom. The van der Waals surface area contributed by atoms with Crippen LogP contribution in [0, 0.1) is 0 Å². The Hall–Kier alpha value is -1.01. The summed E-state index contributed by atoms with van der Waals surface area (Å²) < 4.78 is 0. The van der Waals surface area contributed by atoms with Crippen molar-refractivity contribution in [3.05, 3.63) is 35.5 Å². The molecular formula is C13H17ClN4S. The SMILES string of the molecule is Cl.N[C@H]1CCN(Cc2csc(-c3ccccn3)n2)C1. The van der Waals surface area contributed by atoms with E-state index in [1.165, 1.54) is 0 Å². The van der Waals surface area contributed by atoms with Gasteiger partial charge in [-0.3, -0.25) is 9.88 Å². The third-order valence-corrected chi connectivity index (χ3v) is 4.04. The topological polar surface area (TPSA) is 55.0 Å². The van der Waals surface area contributed by atoms with Gasteiger partial charge in [-0.15, -0.1) is 23.7 Å². The largest absolute Gasteiger partial charge is 0.326 e. The number of hydrogen-bond donors (Lipinski definition) is 1. The fourth-order valence-electron chi connectivity index (χ4n) is 2.22. The predicted molar refractivity (Wildman–Crippen MR) is 80.5 cm³/mol. The lowest BCUT2D eigenvalue weighted by Gasteiger charge is -2.12. The molecule has 0 amide bonds. The number of thiazole rings is 1. The third kappa shape index (κ3) is 3.51. The Kier molecular flexibility index (Phi) is 4.87. The Bertz CT molecular complexity index is 516. The number of likely N-dealkylation sites (tertiary alicyclic amines) is 1. The van der Waals surface area contributed by atoms with Crippen LogP contribution in [0.25, 0.3) is 10.7 Å². The highest BCUT2D eigenvalue weighted by atomic mass is 35.5. The van der Waals surface area contributed by atoms with Gasteiger partial charge in [-0.1, -0.05) is 6.07 Å². The van der Waals surface area contributed by atoms with Gasteiger partial charge in [-0.2, -0.15) is 0 Å². The number of pyridine rings is 1. The molecule has 0 bridgehead atoms. The highest BCUT2D eigenvalue weighted by molar-refractivity contribution is 7.13. The zero-order valence-electron chi connectivity index (χ0n) is 10.5. The van der Waals surface area contributed by atoms with Crippen LogP contribution in [0.15, 0.2) is 29.8 Å². The molecule has 0 spiro atoms. The van der Waals surface area contributed by atoms with E-state index in [4.69, 9.17) is 5.73 Å². The number of rotatable bonds is 3. The summed E-state index contributed by atoms with van der Waals surface area (Å²) in [5, 5.41) is 3.11. The molecule has 3 rings (SSSR count). The summed E-state index contributed by atoms with van der Waals surface area (Å²) in [6.45, 7) is 2.96. The molecule has 0 saturated carbocycles. The van der Waals surface area contributed by atoms with Crippen LogP contribution in [-0.2, 0) is 6.54 Å². The van der Waals surface area contributed by atoms with Crippen molar-refractivity contribution in [2.75, 3.05) is 13.1 Å². The number of nitrogens with two attached hydrogens (primary N) is 1. The first-order valence-corrected chi connectivity index (χ1v) is 7.03. The van der Waals surface area contributed by atoms with Crippen LogP contribution >= 0.6 is 23.7 Å². The summed E-state index contributed by atoms with van der Waals surface area (Å²) in [4.78, 5) is 11.3. The number of halogens is 1. The van der Waals surface area contributed by atoms with E-state index >= 15 is 0 Å². The van der Waals surface area contributed by atoms with E-state index in [1.807, 2.05) is 18.2 Å². The van der Waals surface area contributed by atoms with Crippen LogP contribution in [-0.4, -0.2) is 34.0 Å². The van der Waals surface area contributed by atoms with Gasteiger partial charge in [-0.05, 0) is 18.6 Å². The molecule has 1 aliphatic rings. The maximum absolute atomic E-state index is 5.91. The lowest BCUT2D eigenvalue weighted by atomic mass is 10.3. The highest BCUT2D eigenvalue weighted by Crippen LogP contribution is 2.22. The van der Waals surface area contributed by atoms with Crippen LogP contribution in [0.3, 0.4) is 0 Å². The molecule has 1 aliphatic heterocycles. The summed E-state index contributed by atoms with van der Waals surface area (Å²) in [6, 6.07) is 6.24.